The number of rotatable bonds is 7. The van der Waals surface area contributed by atoms with Crippen LogP contribution in [0.25, 0.3) is 0 Å². The molecule has 2 aromatic heterocycles. The number of aromatic nitrogens is 5. The van der Waals surface area contributed by atoms with Gasteiger partial charge >= 0.3 is 6.16 Å². The fourth-order valence-corrected chi connectivity index (χ4v) is 3.18. The smallest absolute Gasteiger partial charge is 0.435 e. The molecule has 0 fully saturated rings. The molecule has 0 saturated carbocycles. The summed E-state index contributed by atoms with van der Waals surface area (Å²) in [5.74, 6) is -3.68. The van der Waals surface area contributed by atoms with Crippen LogP contribution in [0.4, 0.5) is 18.0 Å². The van der Waals surface area contributed by atoms with Gasteiger partial charge in [-0.3, -0.25) is 0 Å². The van der Waals surface area contributed by atoms with Gasteiger partial charge in [0.05, 0.1) is 25.0 Å². The van der Waals surface area contributed by atoms with Crippen LogP contribution in [0.5, 0.6) is 0 Å². The Balaban J connectivity index is 2.24. The van der Waals surface area contributed by atoms with Crippen molar-refractivity contribution in [1.82, 2.24) is 24.7 Å². The third-order valence-electron chi connectivity index (χ3n) is 4.58. The number of hydrogen-bond donors (Lipinski definition) is 0. The highest BCUT2D eigenvalue weighted by atomic mass is 19.1. The minimum atomic E-state index is -1.91. The van der Waals surface area contributed by atoms with Gasteiger partial charge in [0.2, 0.25) is 0 Å². The number of ether oxygens (including phenoxy) is 2. The molecule has 3 rings (SSSR count). The van der Waals surface area contributed by atoms with Crippen molar-refractivity contribution < 1.29 is 27.4 Å². The molecule has 11 heteroatoms. The van der Waals surface area contributed by atoms with Gasteiger partial charge in [-0.25, -0.2) is 37.6 Å². The lowest BCUT2D eigenvalue weighted by Crippen LogP contribution is -2.43. The van der Waals surface area contributed by atoms with E-state index in [0.717, 1.165) is 24.7 Å². The lowest BCUT2D eigenvalue weighted by molar-refractivity contribution is -0.0662. The average Bonchev–Trinajstić information content (AvgIpc) is 3.20. The van der Waals surface area contributed by atoms with Crippen molar-refractivity contribution in [3.63, 3.8) is 0 Å². The molecule has 0 spiro atoms. The summed E-state index contributed by atoms with van der Waals surface area (Å²) in [6.45, 7) is 2.76. The monoisotopic (exact) mass is 421 g/mol. The molecule has 30 heavy (non-hydrogen) atoms. The van der Waals surface area contributed by atoms with E-state index in [1.807, 2.05) is 0 Å². The first-order valence-corrected chi connectivity index (χ1v) is 8.96. The first kappa shape index (κ1) is 21.2. The van der Waals surface area contributed by atoms with Crippen molar-refractivity contribution in [3.05, 3.63) is 72.1 Å². The molecule has 2 atom stereocenters. The van der Waals surface area contributed by atoms with E-state index in [1.165, 1.54) is 24.3 Å². The summed E-state index contributed by atoms with van der Waals surface area (Å²) in [5.41, 5.74) is -2.26. The van der Waals surface area contributed by atoms with Crippen molar-refractivity contribution in [2.75, 3.05) is 6.61 Å². The fourth-order valence-electron chi connectivity index (χ4n) is 3.18. The van der Waals surface area contributed by atoms with Crippen molar-refractivity contribution in [1.29, 1.82) is 0 Å². The van der Waals surface area contributed by atoms with Crippen molar-refractivity contribution in [2.45, 2.75) is 31.9 Å². The van der Waals surface area contributed by atoms with Gasteiger partial charge in [0.15, 0.2) is 11.4 Å². The fraction of sp³-hybridized carbons (Fsp3) is 0.316. The zero-order valence-corrected chi connectivity index (χ0v) is 16.1. The lowest BCUT2D eigenvalue weighted by atomic mass is 9.79. The van der Waals surface area contributed by atoms with Crippen LogP contribution < -0.4 is 0 Å². The molecule has 0 N–H and O–H groups in total. The molecule has 158 valence electrons. The van der Waals surface area contributed by atoms with E-state index in [4.69, 9.17) is 9.47 Å². The van der Waals surface area contributed by atoms with E-state index >= 15 is 0 Å². The largest absolute Gasteiger partial charge is 0.509 e. The van der Waals surface area contributed by atoms with Crippen molar-refractivity contribution >= 4 is 6.16 Å². The van der Waals surface area contributed by atoms with Crippen LogP contribution in [-0.4, -0.2) is 37.5 Å². The number of benzene rings is 1. The van der Waals surface area contributed by atoms with Gasteiger partial charge in [-0.2, -0.15) is 5.10 Å². The van der Waals surface area contributed by atoms with Gasteiger partial charge < -0.3 is 9.47 Å². The highest BCUT2D eigenvalue weighted by molar-refractivity contribution is 5.61. The molecule has 0 aliphatic rings. The van der Waals surface area contributed by atoms with Gasteiger partial charge in [0.25, 0.3) is 0 Å². The molecule has 8 nitrogen and oxygen atoms in total. The van der Waals surface area contributed by atoms with E-state index in [-0.39, 0.29) is 24.4 Å². The van der Waals surface area contributed by atoms with Gasteiger partial charge in [0, 0.05) is 17.5 Å². The summed E-state index contributed by atoms with van der Waals surface area (Å²) < 4.78 is 54.8. The van der Waals surface area contributed by atoms with E-state index in [9.17, 15) is 18.0 Å². The second kappa shape index (κ2) is 8.89. The molecule has 3 aromatic rings. The number of carbonyl (C=O) groups excluding carboxylic acids is 1. The maximum Gasteiger partial charge on any atom is 0.509 e. The summed E-state index contributed by atoms with van der Waals surface area (Å²) in [7, 11) is 0. The molecule has 0 aliphatic heterocycles. The maximum absolute atomic E-state index is 14.9. The zero-order valence-electron chi connectivity index (χ0n) is 16.1. The quantitative estimate of drug-likeness (QED) is 0.540. The minimum Gasteiger partial charge on any atom is -0.435 e. The van der Waals surface area contributed by atoms with Gasteiger partial charge in [-0.1, -0.05) is 6.92 Å². The molecule has 0 saturated heterocycles. The van der Waals surface area contributed by atoms with Crippen LogP contribution in [0.1, 0.15) is 31.0 Å². The number of halogens is 3. The summed E-state index contributed by atoms with van der Waals surface area (Å²) in [6, 6.07) is 2.77. The lowest BCUT2D eigenvalue weighted by Gasteiger charge is -2.38. The molecule has 0 amide bonds. The average molecular weight is 421 g/mol. The summed E-state index contributed by atoms with van der Waals surface area (Å²) in [4.78, 5) is 23.7. The summed E-state index contributed by atoms with van der Waals surface area (Å²) in [6.07, 6.45) is 3.47. The topological polar surface area (TPSA) is 92.0 Å². The third-order valence-corrected chi connectivity index (χ3v) is 4.58. The Labute approximate surface area is 169 Å². The molecular weight excluding hydrogens is 403 g/mol. The van der Waals surface area contributed by atoms with Crippen LogP contribution in [0, 0.1) is 17.5 Å². The minimum absolute atomic E-state index is 0.0135. The van der Waals surface area contributed by atoms with E-state index in [1.54, 1.807) is 6.92 Å². The predicted molar refractivity (Wildman–Crippen MR) is 96.6 cm³/mol. The Kier molecular flexibility index (Phi) is 6.28. The summed E-state index contributed by atoms with van der Waals surface area (Å²) >= 11 is 0. The van der Waals surface area contributed by atoms with E-state index in [0.29, 0.717) is 6.07 Å². The SMILES string of the molecule is CCOC(=O)O[C@@](Cn1cncn1)(c1ccc(F)cc1F)[C@@H](C)c1ncncc1F. The first-order chi connectivity index (χ1) is 14.4. The number of carbonyl (C=O) groups is 1. The first-order valence-electron chi connectivity index (χ1n) is 8.96. The van der Waals surface area contributed by atoms with Gasteiger partial charge in [0.1, 0.15) is 30.6 Å². The van der Waals surface area contributed by atoms with Crippen LogP contribution in [0.3, 0.4) is 0 Å². The predicted octanol–water partition coefficient (Wildman–Crippen LogP) is 3.36. The third kappa shape index (κ3) is 4.24. The molecule has 1 aromatic carbocycles. The van der Waals surface area contributed by atoms with E-state index in [2.05, 4.69) is 20.1 Å². The second-order valence-corrected chi connectivity index (χ2v) is 6.37. The van der Waals surface area contributed by atoms with E-state index < -0.39 is 35.1 Å². The Bertz CT molecular complexity index is 1020. The Morgan fingerprint density at radius 2 is 2.00 bits per heavy atom. The second-order valence-electron chi connectivity index (χ2n) is 6.37. The number of nitrogens with zero attached hydrogens (tertiary/aromatic N) is 5. The molecule has 0 unspecified atom stereocenters. The standard InChI is InChI=1S/C19H18F3N5O3/c1-3-29-18(28)30-19(8-27-11-24-10-26-27,14-5-4-13(20)6-15(14)21)12(2)17-16(22)7-23-9-25-17/h4-7,9-12H,3,8H2,1-2H3/t12-,19+/m0/s1. The van der Waals surface area contributed by atoms with Crippen molar-refractivity contribution in [2.24, 2.45) is 0 Å². The highest BCUT2D eigenvalue weighted by Crippen LogP contribution is 2.43. The molecule has 0 bridgehead atoms. The van der Waals surface area contributed by atoms with Crippen LogP contribution in [0.2, 0.25) is 0 Å². The Morgan fingerprint density at radius 1 is 1.20 bits per heavy atom. The maximum atomic E-state index is 14.9. The number of hydrogen-bond acceptors (Lipinski definition) is 7. The molecule has 0 radical (unpaired) electrons. The van der Waals surface area contributed by atoms with Crippen molar-refractivity contribution in [3.8, 4) is 0 Å². The Morgan fingerprint density at radius 3 is 2.63 bits per heavy atom. The molecule has 0 aliphatic carbocycles. The van der Waals surface area contributed by atoms with Crippen LogP contribution in [0.15, 0.2) is 43.4 Å². The van der Waals surface area contributed by atoms with Gasteiger partial charge in [-0.05, 0) is 19.1 Å². The van der Waals surface area contributed by atoms with Crippen LogP contribution >= 0.6 is 0 Å². The molecular formula is C19H18F3N5O3. The zero-order chi connectivity index (χ0) is 21.7. The molecule has 2 heterocycles. The highest BCUT2D eigenvalue weighted by Gasteiger charge is 2.47. The van der Waals surface area contributed by atoms with Crippen LogP contribution in [-0.2, 0) is 21.6 Å². The Hall–Kier alpha value is -3.50. The normalized spacial score (nSPS) is 14.0. The van der Waals surface area contributed by atoms with Gasteiger partial charge in [-0.15, -0.1) is 0 Å². The summed E-state index contributed by atoms with van der Waals surface area (Å²) in [5, 5.41) is 3.98.